The molecule has 4 nitrogen and oxygen atoms in total. The van der Waals surface area contributed by atoms with Crippen molar-refractivity contribution in [3.8, 4) is 0 Å². The van der Waals surface area contributed by atoms with Gasteiger partial charge in [-0.15, -0.1) is 0 Å². The quantitative estimate of drug-likeness (QED) is 0.632. The molecular weight excluding hydrogens is 192 g/mol. The average molecular weight is 217 g/mol. The fourth-order valence-corrected chi connectivity index (χ4v) is 1.62. The van der Waals surface area contributed by atoms with Crippen LogP contribution >= 0.6 is 0 Å². The second kappa shape index (κ2) is 7.17. The molecule has 0 unspecified atom stereocenters. The van der Waals surface area contributed by atoms with Gasteiger partial charge in [-0.3, -0.25) is 0 Å². The third-order valence-corrected chi connectivity index (χ3v) is 3.16. The Bertz CT molecular complexity index is 143. The number of nitrogens with one attached hydrogen (secondary N) is 1. The lowest BCUT2D eigenvalue weighted by molar-refractivity contribution is -0.915. The van der Waals surface area contributed by atoms with E-state index in [9.17, 15) is 0 Å². The third-order valence-electron chi connectivity index (χ3n) is 3.16. The molecule has 2 rings (SSSR count). The van der Waals surface area contributed by atoms with E-state index in [1.807, 2.05) is 0 Å². The Hall–Kier alpha value is -0.160. The summed E-state index contributed by atoms with van der Waals surface area (Å²) in [5.74, 6) is 0. The molecule has 0 aromatic heterocycles. The largest absolute Gasteiger partial charge is 0.379 e. The predicted molar refractivity (Wildman–Crippen MR) is 61.0 cm³/mol. The second-order valence-electron chi connectivity index (χ2n) is 4.36. The fourth-order valence-electron chi connectivity index (χ4n) is 1.62. The Balaban J connectivity index is 0.000000162. The van der Waals surface area contributed by atoms with E-state index in [2.05, 4.69) is 19.3 Å². The first kappa shape index (κ1) is 12.9. The number of likely N-dealkylation sites (N-methyl/N-ethyl adjacent to an activating group) is 1. The molecule has 0 bridgehead atoms. The first-order chi connectivity index (χ1) is 7.27. The fraction of sp³-hybridized carbons (Fsp3) is 1.00. The zero-order valence-electron chi connectivity index (χ0n) is 10.1. The van der Waals surface area contributed by atoms with Crippen molar-refractivity contribution in [2.24, 2.45) is 0 Å². The lowest BCUT2D eigenvalue weighted by Gasteiger charge is -2.36. The average Bonchev–Trinajstić information content (AvgIpc) is 2.33. The van der Waals surface area contributed by atoms with Crippen molar-refractivity contribution in [2.75, 3.05) is 66.2 Å². The van der Waals surface area contributed by atoms with Crippen LogP contribution in [0.3, 0.4) is 0 Å². The van der Waals surface area contributed by atoms with Crippen molar-refractivity contribution >= 4 is 0 Å². The monoisotopic (exact) mass is 217 g/mol. The molecule has 1 N–H and O–H groups in total. The highest BCUT2D eigenvalue weighted by Gasteiger charge is 2.21. The number of ether oxygens (including phenoxy) is 2. The number of hydrogen-bond acceptors (Lipinski definition) is 3. The van der Waals surface area contributed by atoms with Crippen LogP contribution in [0, 0.1) is 0 Å². The van der Waals surface area contributed by atoms with Gasteiger partial charge >= 0.3 is 0 Å². The standard InChI is InChI=1S/C7H16NO.C4H9NO/c1-3-8(2)4-6-9-7-5-8;1-3-6-4-2-5-1/h3-7H2,1-2H3;5H,1-4H2/q+1;. The van der Waals surface area contributed by atoms with Crippen molar-refractivity contribution in [3.63, 3.8) is 0 Å². The molecule has 2 saturated heterocycles. The molecule has 0 radical (unpaired) electrons. The zero-order chi connectivity index (χ0) is 11.0. The van der Waals surface area contributed by atoms with Crippen LogP contribution in [0.25, 0.3) is 0 Å². The molecule has 0 aromatic rings. The highest BCUT2D eigenvalue weighted by molar-refractivity contribution is 4.49. The molecule has 90 valence electrons. The lowest BCUT2D eigenvalue weighted by Crippen LogP contribution is -2.51. The van der Waals surface area contributed by atoms with Crippen LogP contribution in [-0.2, 0) is 9.47 Å². The van der Waals surface area contributed by atoms with Crippen molar-refractivity contribution in [1.29, 1.82) is 0 Å². The molecule has 2 aliphatic heterocycles. The highest BCUT2D eigenvalue weighted by Crippen LogP contribution is 2.05. The topological polar surface area (TPSA) is 30.5 Å². The van der Waals surface area contributed by atoms with Gasteiger partial charge in [0.2, 0.25) is 0 Å². The zero-order valence-corrected chi connectivity index (χ0v) is 10.1. The summed E-state index contributed by atoms with van der Waals surface area (Å²) in [6.07, 6.45) is 0. The van der Waals surface area contributed by atoms with Gasteiger partial charge in [-0.2, -0.15) is 0 Å². The summed E-state index contributed by atoms with van der Waals surface area (Å²) >= 11 is 0. The number of hydrogen-bond donors (Lipinski definition) is 1. The van der Waals surface area contributed by atoms with Gasteiger partial charge in [0.25, 0.3) is 0 Å². The Labute approximate surface area is 93.1 Å². The van der Waals surface area contributed by atoms with Gasteiger partial charge in [0.15, 0.2) is 0 Å². The van der Waals surface area contributed by atoms with E-state index in [1.165, 1.54) is 24.1 Å². The van der Waals surface area contributed by atoms with Gasteiger partial charge in [-0.05, 0) is 6.92 Å². The summed E-state index contributed by atoms with van der Waals surface area (Å²) in [6, 6.07) is 0. The SMILES string of the molecule is C1COCCN1.CC[N+]1(C)CCOCC1. The first-order valence-electron chi connectivity index (χ1n) is 5.96. The van der Waals surface area contributed by atoms with Crippen molar-refractivity contribution in [2.45, 2.75) is 6.92 Å². The van der Waals surface area contributed by atoms with Gasteiger partial charge in [-0.25, -0.2) is 0 Å². The van der Waals surface area contributed by atoms with Crippen LogP contribution in [0.4, 0.5) is 0 Å². The lowest BCUT2D eigenvalue weighted by atomic mass is 10.3. The number of rotatable bonds is 1. The minimum Gasteiger partial charge on any atom is -0.379 e. The van der Waals surface area contributed by atoms with E-state index < -0.39 is 0 Å². The Kier molecular flexibility index (Phi) is 6.17. The van der Waals surface area contributed by atoms with Gasteiger partial charge < -0.3 is 19.3 Å². The van der Waals surface area contributed by atoms with Gasteiger partial charge in [0, 0.05) is 13.1 Å². The maximum absolute atomic E-state index is 5.25. The highest BCUT2D eigenvalue weighted by atomic mass is 16.5. The van der Waals surface area contributed by atoms with E-state index in [0.29, 0.717) is 0 Å². The molecule has 4 heteroatoms. The van der Waals surface area contributed by atoms with Gasteiger partial charge in [0.1, 0.15) is 13.1 Å². The van der Waals surface area contributed by atoms with Crippen LogP contribution in [0.1, 0.15) is 6.92 Å². The maximum Gasteiger partial charge on any atom is 0.102 e. The molecule has 0 amide bonds. The summed E-state index contributed by atoms with van der Waals surface area (Å²) in [4.78, 5) is 0. The number of quaternary nitrogens is 1. The summed E-state index contributed by atoms with van der Waals surface area (Å²) in [7, 11) is 2.29. The van der Waals surface area contributed by atoms with Crippen LogP contribution in [0.5, 0.6) is 0 Å². The minimum absolute atomic E-state index is 0.889. The molecule has 2 fully saturated rings. The van der Waals surface area contributed by atoms with E-state index in [1.54, 1.807) is 0 Å². The van der Waals surface area contributed by atoms with E-state index in [0.717, 1.165) is 39.5 Å². The summed E-state index contributed by atoms with van der Waals surface area (Å²) in [5.41, 5.74) is 0. The molecule has 2 heterocycles. The minimum atomic E-state index is 0.889. The predicted octanol–water partition coefficient (Wildman–Crippen LogP) is 0.0893. The molecule has 0 atom stereocenters. The normalized spacial score (nSPS) is 25.2. The maximum atomic E-state index is 5.25. The van der Waals surface area contributed by atoms with Crippen molar-refractivity contribution < 1.29 is 14.0 Å². The Morgan fingerprint density at radius 3 is 1.80 bits per heavy atom. The van der Waals surface area contributed by atoms with Crippen molar-refractivity contribution in [1.82, 2.24) is 5.32 Å². The van der Waals surface area contributed by atoms with Crippen LogP contribution < -0.4 is 5.32 Å². The van der Waals surface area contributed by atoms with Crippen LogP contribution in [0.15, 0.2) is 0 Å². The first-order valence-corrected chi connectivity index (χ1v) is 5.96. The molecular formula is C11H25N2O2+. The van der Waals surface area contributed by atoms with Gasteiger partial charge in [-0.1, -0.05) is 0 Å². The molecule has 0 aromatic carbocycles. The molecule has 0 spiro atoms. The second-order valence-corrected chi connectivity index (χ2v) is 4.36. The van der Waals surface area contributed by atoms with Crippen molar-refractivity contribution in [3.05, 3.63) is 0 Å². The summed E-state index contributed by atoms with van der Waals surface area (Å²) < 4.78 is 11.5. The summed E-state index contributed by atoms with van der Waals surface area (Å²) in [5, 5.41) is 3.16. The molecule has 0 saturated carbocycles. The number of nitrogens with zero attached hydrogens (tertiary/aromatic N) is 1. The molecule has 15 heavy (non-hydrogen) atoms. The third kappa shape index (κ3) is 5.47. The van der Waals surface area contributed by atoms with Gasteiger partial charge in [0.05, 0.1) is 40.0 Å². The Morgan fingerprint density at radius 1 is 1.00 bits per heavy atom. The van der Waals surface area contributed by atoms with Crippen LogP contribution in [-0.4, -0.2) is 70.7 Å². The Morgan fingerprint density at radius 2 is 1.53 bits per heavy atom. The number of morpholine rings is 2. The van der Waals surface area contributed by atoms with E-state index in [-0.39, 0.29) is 0 Å². The van der Waals surface area contributed by atoms with E-state index >= 15 is 0 Å². The summed E-state index contributed by atoms with van der Waals surface area (Å²) in [6.45, 7) is 11.6. The molecule has 0 aliphatic carbocycles. The van der Waals surface area contributed by atoms with E-state index in [4.69, 9.17) is 9.47 Å². The molecule has 2 aliphatic rings. The van der Waals surface area contributed by atoms with Crippen LogP contribution in [0.2, 0.25) is 0 Å². The smallest absolute Gasteiger partial charge is 0.102 e.